The van der Waals surface area contributed by atoms with Crippen molar-refractivity contribution in [3.05, 3.63) is 59.1 Å². The van der Waals surface area contributed by atoms with E-state index in [4.69, 9.17) is 0 Å². The summed E-state index contributed by atoms with van der Waals surface area (Å²) in [6, 6.07) is 13.6. The van der Waals surface area contributed by atoms with Crippen molar-refractivity contribution in [2.45, 2.75) is 19.8 Å². The van der Waals surface area contributed by atoms with Crippen LogP contribution in [0.25, 0.3) is 10.2 Å². The van der Waals surface area contributed by atoms with Crippen LogP contribution in [0.2, 0.25) is 0 Å². The summed E-state index contributed by atoms with van der Waals surface area (Å²) >= 11 is 1.58. The number of thiazole rings is 1. The molecule has 0 saturated carbocycles. The van der Waals surface area contributed by atoms with Crippen molar-refractivity contribution in [3.8, 4) is 0 Å². The van der Waals surface area contributed by atoms with Crippen LogP contribution in [-0.2, 0) is 6.42 Å². The quantitative estimate of drug-likeness (QED) is 0.770. The summed E-state index contributed by atoms with van der Waals surface area (Å²) < 4.78 is 1.09. The van der Waals surface area contributed by atoms with Gasteiger partial charge in [0.25, 0.3) is 5.91 Å². The smallest absolute Gasteiger partial charge is 0.255 e. The monoisotopic (exact) mass is 296 g/mol. The average molecular weight is 296 g/mol. The molecular weight excluding hydrogens is 280 g/mol. The summed E-state index contributed by atoms with van der Waals surface area (Å²) in [7, 11) is 0. The van der Waals surface area contributed by atoms with Gasteiger partial charge in [-0.3, -0.25) is 4.79 Å². The molecule has 0 bridgehead atoms. The number of aryl methyl sites for hydroxylation is 1. The molecule has 0 fully saturated rings. The molecule has 1 aromatic heterocycles. The molecule has 3 nitrogen and oxygen atoms in total. The van der Waals surface area contributed by atoms with Crippen LogP contribution in [0.1, 0.15) is 29.3 Å². The van der Waals surface area contributed by atoms with Crippen LogP contribution in [-0.4, -0.2) is 10.9 Å². The predicted octanol–water partition coefficient (Wildman–Crippen LogP) is 4.50. The Morgan fingerprint density at radius 1 is 1.19 bits per heavy atom. The summed E-state index contributed by atoms with van der Waals surface area (Å²) in [4.78, 5) is 16.5. The molecule has 0 aliphatic carbocycles. The fourth-order valence-corrected chi connectivity index (χ4v) is 2.90. The highest BCUT2D eigenvalue weighted by atomic mass is 32.1. The maximum atomic E-state index is 12.3. The number of carbonyl (C=O) groups is 1. The van der Waals surface area contributed by atoms with Gasteiger partial charge in [-0.25, -0.2) is 4.98 Å². The van der Waals surface area contributed by atoms with Crippen LogP contribution >= 0.6 is 11.3 Å². The molecule has 0 unspecified atom stereocenters. The molecule has 0 atom stereocenters. The maximum Gasteiger partial charge on any atom is 0.255 e. The van der Waals surface area contributed by atoms with E-state index >= 15 is 0 Å². The van der Waals surface area contributed by atoms with Gasteiger partial charge in [0.05, 0.1) is 15.7 Å². The SMILES string of the molecule is CCCc1ccc(NC(=O)c2ccc3scnc3c2)cc1. The molecule has 1 N–H and O–H groups in total. The first-order chi connectivity index (χ1) is 10.3. The Bertz CT molecular complexity index is 762. The summed E-state index contributed by atoms with van der Waals surface area (Å²) in [6.45, 7) is 2.16. The highest BCUT2D eigenvalue weighted by Crippen LogP contribution is 2.20. The normalized spacial score (nSPS) is 10.7. The van der Waals surface area contributed by atoms with Gasteiger partial charge in [-0.15, -0.1) is 11.3 Å². The van der Waals surface area contributed by atoms with E-state index in [1.165, 1.54) is 5.56 Å². The maximum absolute atomic E-state index is 12.3. The van der Waals surface area contributed by atoms with Gasteiger partial charge in [0.1, 0.15) is 0 Å². The minimum atomic E-state index is -0.104. The molecular formula is C17H16N2OS. The number of hydrogen-bond donors (Lipinski definition) is 1. The van der Waals surface area contributed by atoms with E-state index in [1.807, 2.05) is 30.3 Å². The van der Waals surface area contributed by atoms with Crippen LogP contribution in [0.5, 0.6) is 0 Å². The number of aromatic nitrogens is 1. The Labute approximate surface area is 127 Å². The molecule has 0 saturated heterocycles. The molecule has 2 aromatic carbocycles. The van der Waals surface area contributed by atoms with Crippen molar-refractivity contribution in [2.24, 2.45) is 0 Å². The topological polar surface area (TPSA) is 42.0 Å². The van der Waals surface area contributed by atoms with Gasteiger partial charge in [-0.05, 0) is 42.3 Å². The molecule has 106 valence electrons. The number of nitrogens with zero attached hydrogens (tertiary/aromatic N) is 1. The molecule has 4 heteroatoms. The fraction of sp³-hybridized carbons (Fsp3) is 0.176. The van der Waals surface area contributed by atoms with Gasteiger partial charge in [0.15, 0.2) is 0 Å². The molecule has 0 spiro atoms. The number of benzene rings is 2. The lowest BCUT2D eigenvalue weighted by atomic mass is 10.1. The number of nitrogens with one attached hydrogen (secondary N) is 1. The standard InChI is InChI=1S/C17H16N2OS/c1-2-3-12-4-7-14(8-5-12)19-17(20)13-6-9-16-15(10-13)18-11-21-16/h4-11H,2-3H2,1H3,(H,19,20). The zero-order valence-corrected chi connectivity index (χ0v) is 12.6. The van der Waals surface area contributed by atoms with Gasteiger partial charge in [-0.1, -0.05) is 25.5 Å². The summed E-state index contributed by atoms with van der Waals surface area (Å²) in [5, 5.41) is 2.92. The Hall–Kier alpha value is -2.20. The predicted molar refractivity (Wildman–Crippen MR) is 88.0 cm³/mol. The lowest BCUT2D eigenvalue weighted by Gasteiger charge is -2.06. The first kappa shape index (κ1) is 13.8. The van der Waals surface area contributed by atoms with Crippen molar-refractivity contribution < 1.29 is 4.79 Å². The van der Waals surface area contributed by atoms with E-state index in [2.05, 4.69) is 29.4 Å². The van der Waals surface area contributed by atoms with Gasteiger partial charge >= 0.3 is 0 Å². The van der Waals surface area contributed by atoms with Gasteiger partial charge < -0.3 is 5.32 Å². The number of hydrogen-bond acceptors (Lipinski definition) is 3. The van der Waals surface area contributed by atoms with Gasteiger partial charge in [0.2, 0.25) is 0 Å². The zero-order valence-electron chi connectivity index (χ0n) is 11.8. The van der Waals surface area contributed by atoms with E-state index in [1.54, 1.807) is 16.8 Å². The lowest BCUT2D eigenvalue weighted by Crippen LogP contribution is -2.11. The van der Waals surface area contributed by atoms with E-state index in [9.17, 15) is 4.79 Å². The van der Waals surface area contributed by atoms with Crippen molar-refractivity contribution in [3.63, 3.8) is 0 Å². The average Bonchev–Trinajstić information content (AvgIpc) is 2.97. The summed E-state index contributed by atoms with van der Waals surface area (Å²) in [5.74, 6) is -0.104. The van der Waals surface area contributed by atoms with Crippen LogP contribution in [0.4, 0.5) is 5.69 Å². The second-order valence-electron chi connectivity index (χ2n) is 4.94. The third-order valence-electron chi connectivity index (χ3n) is 3.34. The summed E-state index contributed by atoms with van der Waals surface area (Å²) in [6.07, 6.45) is 2.19. The number of carbonyl (C=O) groups excluding carboxylic acids is 1. The van der Waals surface area contributed by atoms with Crippen LogP contribution in [0.3, 0.4) is 0 Å². The lowest BCUT2D eigenvalue weighted by molar-refractivity contribution is 0.102. The Morgan fingerprint density at radius 3 is 2.76 bits per heavy atom. The first-order valence-electron chi connectivity index (χ1n) is 7.00. The second-order valence-corrected chi connectivity index (χ2v) is 5.82. The zero-order chi connectivity index (χ0) is 14.7. The van der Waals surface area contributed by atoms with Crippen LogP contribution in [0, 0.1) is 0 Å². The number of fused-ring (bicyclic) bond motifs is 1. The van der Waals surface area contributed by atoms with Crippen LogP contribution < -0.4 is 5.32 Å². The third-order valence-corrected chi connectivity index (χ3v) is 4.15. The fourth-order valence-electron chi connectivity index (χ4n) is 2.25. The largest absolute Gasteiger partial charge is 0.322 e. The summed E-state index contributed by atoms with van der Waals surface area (Å²) in [5.41, 5.74) is 5.40. The molecule has 0 radical (unpaired) electrons. The number of amides is 1. The molecule has 0 aliphatic heterocycles. The minimum absolute atomic E-state index is 0.104. The second kappa shape index (κ2) is 6.06. The van der Waals surface area contributed by atoms with Crippen LogP contribution in [0.15, 0.2) is 48.0 Å². The van der Waals surface area contributed by atoms with E-state index in [0.29, 0.717) is 5.56 Å². The van der Waals surface area contributed by atoms with Gasteiger partial charge in [0, 0.05) is 11.3 Å². The minimum Gasteiger partial charge on any atom is -0.322 e. The molecule has 0 aliphatic rings. The Balaban J connectivity index is 1.75. The molecule has 3 aromatic rings. The third kappa shape index (κ3) is 3.11. The molecule has 3 rings (SSSR count). The van der Waals surface area contributed by atoms with Gasteiger partial charge in [-0.2, -0.15) is 0 Å². The van der Waals surface area contributed by atoms with Crippen molar-refractivity contribution in [2.75, 3.05) is 5.32 Å². The first-order valence-corrected chi connectivity index (χ1v) is 7.88. The Morgan fingerprint density at radius 2 is 2.00 bits per heavy atom. The van der Waals surface area contributed by atoms with Crippen molar-refractivity contribution in [1.82, 2.24) is 4.98 Å². The highest BCUT2D eigenvalue weighted by Gasteiger charge is 2.08. The highest BCUT2D eigenvalue weighted by molar-refractivity contribution is 7.16. The van der Waals surface area contributed by atoms with E-state index < -0.39 is 0 Å². The van der Waals surface area contributed by atoms with Crippen molar-refractivity contribution in [1.29, 1.82) is 0 Å². The molecule has 1 amide bonds. The van der Waals surface area contributed by atoms with Crippen molar-refractivity contribution >= 4 is 33.1 Å². The number of anilines is 1. The Kier molecular flexibility index (Phi) is 3.97. The van der Waals surface area contributed by atoms with E-state index in [-0.39, 0.29) is 5.91 Å². The molecule has 1 heterocycles. The number of rotatable bonds is 4. The molecule has 21 heavy (non-hydrogen) atoms. The van der Waals surface area contributed by atoms with E-state index in [0.717, 1.165) is 28.7 Å².